The number of aryl methyl sites for hydroxylation is 2. The fourth-order valence-electron chi connectivity index (χ4n) is 1.75. The second-order valence-electron chi connectivity index (χ2n) is 4.04. The Labute approximate surface area is 95.9 Å². The van der Waals surface area contributed by atoms with Crippen molar-refractivity contribution >= 4 is 5.95 Å². The Kier molecular flexibility index (Phi) is 2.95. The Morgan fingerprint density at radius 1 is 1.25 bits per heavy atom. The van der Waals surface area contributed by atoms with E-state index in [0.29, 0.717) is 5.95 Å². The van der Waals surface area contributed by atoms with Crippen LogP contribution in [-0.4, -0.2) is 9.55 Å². The van der Waals surface area contributed by atoms with Crippen molar-refractivity contribution in [3.8, 4) is 11.3 Å². The quantitative estimate of drug-likeness (QED) is 0.855. The summed E-state index contributed by atoms with van der Waals surface area (Å²) in [6.07, 6.45) is 4.25. The Hall–Kier alpha value is -1.77. The topological polar surface area (TPSA) is 43.8 Å². The molecule has 0 unspecified atom stereocenters. The van der Waals surface area contributed by atoms with Crippen molar-refractivity contribution in [2.24, 2.45) is 7.05 Å². The first-order chi connectivity index (χ1) is 7.70. The number of rotatable bonds is 3. The molecule has 0 atom stereocenters. The van der Waals surface area contributed by atoms with Crippen LogP contribution in [0.1, 0.15) is 18.9 Å². The first-order valence-corrected chi connectivity index (χ1v) is 5.59. The second kappa shape index (κ2) is 4.39. The number of nitrogens with zero attached hydrogens (tertiary/aromatic N) is 2. The highest BCUT2D eigenvalue weighted by Crippen LogP contribution is 2.19. The largest absolute Gasteiger partial charge is 0.369 e. The van der Waals surface area contributed by atoms with E-state index >= 15 is 0 Å². The fourth-order valence-corrected chi connectivity index (χ4v) is 1.75. The van der Waals surface area contributed by atoms with Crippen LogP contribution >= 0.6 is 0 Å². The van der Waals surface area contributed by atoms with Gasteiger partial charge < -0.3 is 10.3 Å². The molecule has 2 aromatic rings. The van der Waals surface area contributed by atoms with Gasteiger partial charge in [0.2, 0.25) is 0 Å². The monoisotopic (exact) mass is 215 g/mol. The van der Waals surface area contributed by atoms with E-state index in [-0.39, 0.29) is 0 Å². The third-order valence-electron chi connectivity index (χ3n) is 2.70. The summed E-state index contributed by atoms with van der Waals surface area (Å²) in [6, 6.07) is 8.52. The zero-order chi connectivity index (χ0) is 11.5. The van der Waals surface area contributed by atoms with Gasteiger partial charge in [0.1, 0.15) is 0 Å². The van der Waals surface area contributed by atoms with E-state index in [9.17, 15) is 0 Å². The predicted octanol–water partition coefficient (Wildman–Crippen LogP) is 2.62. The van der Waals surface area contributed by atoms with Crippen LogP contribution in [0.4, 0.5) is 5.95 Å². The van der Waals surface area contributed by atoms with E-state index in [2.05, 4.69) is 36.2 Å². The number of nitrogens with two attached hydrogens (primary N) is 1. The summed E-state index contributed by atoms with van der Waals surface area (Å²) in [5.74, 6) is 0.549. The van der Waals surface area contributed by atoms with Crippen LogP contribution < -0.4 is 5.73 Å². The van der Waals surface area contributed by atoms with E-state index in [1.807, 2.05) is 17.8 Å². The molecule has 0 aliphatic carbocycles. The molecule has 3 nitrogen and oxygen atoms in total. The molecule has 1 aromatic heterocycles. The molecule has 1 heterocycles. The highest BCUT2D eigenvalue weighted by Gasteiger charge is 2.04. The maximum atomic E-state index is 5.71. The molecule has 16 heavy (non-hydrogen) atoms. The lowest BCUT2D eigenvalue weighted by molar-refractivity contribution is 0.922. The third kappa shape index (κ3) is 2.08. The van der Waals surface area contributed by atoms with Crippen molar-refractivity contribution in [1.29, 1.82) is 0 Å². The number of aromatic nitrogens is 2. The van der Waals surface area contributed by atoms with Gasteiger partial charge in [0, 0.05) is 18.8 Å². The number of anilines is 1. The van der Waals surface area contributed by atoms with E-state index in [1.165, 1.54) is 12.0 Å². The lowest BCUT2D eigenvalue weighted by Gasteiger charge is -2.00. The van der Waals surface area contributed by atoms with Crippen LogP contribution in [0.2, 0.25) is 0 Å². The summed E-state index contributed by atoms with van der Waals surface area (Å²) in [5.41, 5.74) is 9.13. The number of nitrogen functional groups attached to an aromatic ring is 1. The lowest BCUT2D eigenvalue weighted by Crippen LogP contribution is -1.94. The molecule has 2 N–H and O–H groups in total. The van der Waals surface area contributed by atoms with Crippen LogP contribution in [0, 0.1) is 0 Å². The summed E-state index contributed by atoms with van der Waals surface area (Å²) in [4.78, 5) is 4.30. The number of hydrogen-bond donors (Lipinski definition) is 1. The van der Waals surface area contributed by atoms with Crippen molar-refractivity contribution in [1.82, 2.24) is 9.55 Å². The highest BCUT2D eigenvalue weighted by atomic mass is 15.1. The van der Waals surface area contributed by atoms with Crippen LogP contribution in [0.15, 0.2) is 30.5 Å². The maximum Gasteiger partial charge on any atom is 0.200 e. The molecular weight excluding hydrogens is 198 g/mol. The van der Waals surface area contributed by atoms with E-state index in [1.54, 1.807) is 0 Å². The zero-order valence-corrected chi connectivity index (χ0v) is 9.77. The molecule has 1 aromatic carbocycles. The van der Waals surface area contributed by atoms with E-state index in [4.69, 9.17) is 5.73 Å². The Balaban J connectivity index is 2.27. The number of hydrogen-bond acceptors (Lipinski definition) is 2. The smallest absolute Gasteiger partial charge is 0.200 e. The summed E-state index contributed by atoms with van der Waals surface area (Å²) in [5, 5.41) is 0. The van der Waals surface area contributed by atoms with Crippen molar-refractivity contribution < 1.29 is 0 Å². The lowest BCUT2D eigenvalue weighted by atomic mass is 10.1. The molecule has 0 aliphatic rings. The standard InChI is InChI=1S/C13H17N3/c1-3-4-10-5-7-11(8-6-10)12-9-16(2)13(14)15-12/h5-9H,3-4H2,1-2H3,(H2,14,15). The highest BCUT2D eigenvalue weighted by molar-refractivity contribution is 5.60. The number of imidazole rings is 1. The molecule has 0 aliphatic heterocycles. The van der Waals surface area contributed by atoms with Crippen LogP contribution in [0.25, 0.3) is 11.3 Å². The third-order valence-corrected chi connectivity index (χ3v) is 2.70. The molecule has 0 saturated carbocycles. The predicted molar refractivity (Wildman–Crippen MR) is 67.1 cm³/mol. The van der Waals surface area contributed by atoms with Gasteiger partial charge in [-0.1, -0.05) is 37.6 Å². The van der Waals surface area contributed by atoms with E-state index in [0.717, 1.165) is 17.7 Å². The molecule has 0 spiro atoms. The van der Waals surface area contributed by atoms with Crippen molar-refractivity contribution in [3.05, 3.63) is 36.0 Å². The minimum atomic E-state index is 0.549. The van der Waals surface area contributed by atoms with Gasteiger partial charge in [-0.3, -0.25) is 0 Å². The molecule has 0 saturated heterocycles. The summed E-state index contributed by atoms with van der Waals surface area (Å²) < 4.78 is 1.83. The first kappa shape index (κ1) is 10.7. The normalized spacial score (nSPS) is 10.6. The Morgan fingerprint density at radius 3 is 2.44 bits per heavy atom. The molecule has 0 amide bonds. The first-order valence-electron chi connectivity index (χ1n) is 5.59. The Bertz CT molecular complexity index is 449. The minimum absolute atomic E-state index is 0.549. The average molecular weight is 215 g/mol. The van der Waals surface area contributed by atoms with Crippen LogP contribution in [0.3, 0.4) is 0 Å². The molecular formula is C13H17N3. The maximum absolute atomic E-state index is 5.71. The molecule has 0 fully saturated rings. The van der Waals surface area contributed by atoms with Gasteiger partial charge in [-0.05, 0) is 12.0 Å². The van der Waals surface area contributed by atoms with Gasteiger partial charge >= 0.3 is 0 Å². The minimum Gasteiger partial charge on any atom is -0.369 e. The molecule has 84 valence electrons. The van der Waals surface area contributed by atoms with Gasteiger partial charge in [-0.2, -0.15) is 0 Å². The van der Waals surface area contributed by atoms with Crippen molar-refractivity contribution in [2.75, 3.05) is 5.73 Å². The van der Waals surface area contributed by atoms with Crippen LogP contribution in [0.5, 0.6) is 0 Å². The Morgan fingerprint density at radius 2 is 1.94 bits per heavy atom. The van der Waals surface area contributed by atoms with E-state index < -0.39 is 0 Å². The summed E-state index contributed by atoms with van der Waals surface area (Å²) in [6.45, 7) is 2.19. The molecule has 0 bridgehead atoms. The summed E-state index contributed by atoms with van der Waals surface area (Å²) in [7, 11) is 1.90. The molecule has 2 rings (SSSR count). The van der Waals surface area contributed by atoms with Gasteiger partial charge in [-0.15, -0.1) is 0 Å². The molecule has 0 radical (unpaired) electrons. The SMILES string of the molecule is CCCc1ccc(-c2cn(C)c(N)n2)cc1. The van der Waals surface area contributed by atoms with Gasteiger partial charge in [-0.25, -0.2) is 4.98 Å². The summed E-state index contributed by atoms with van der Waals surface area (Å²) >= 11 is 0. The average Bonchev–Trinajstić information content (AvgIpc) is 2.61. The van der Waals surface area contributed by atoms with Crippen molar-refractivity contribution in [2.45, 2.75) is 19.8 Å². The van der Waals surface area contributed by atoms with Gasteiger partial charge in [0.15, 0.2) is 5.95 Å². The van der Waals surface area contributed by atoms with Crippen molar-refractivity contribution in [3.63, 3.8) is 0 Å². The van der Waals surface area contributed by atoms with Crippen LogP contribution in [-0.2, 0) is 13.5 Å². The van der Waals surface area contributed by atoms with Gasteiger partial charge in [0.25, 0.3) is 0 Å². The number of benzene rings is 1. The fraction of sp³-hybridized carbons (Fsp3) is 0.308. The van der Waals surface area contributed by atoms with Gasteiger partial charge in [0.05, 0.1) is 5.69 Å². The zero-order valence-electron chi connectivity index (χ0n) is 9.77. The second-order valence-corrected chi connectivity index (χ2v) is 4.04. The molecule has 3 heteroatoms.